The monoisotopic (exact) mass is 274 g/mol. The molecule has 4 fully saturated rings. The van der Waals surface area contributed by atoms with Crippen LogP contribution in [0.3, 0.4) is 0 Å². The number of hydrogen-bond donors (Lipinski definition) is 0. The van der Waals surface area contributed by atoms with Gasteiger partial charge < -0.3 is 0 Å². The molecule has 4 saturated carbocycles. The molecule has 0 aromatic rings. The predicted octanol–water partition coefficient (Wildman–Crippen LogP) is 6.34. The molecule has 4 rings (SSSR count). The molecule has 2 unspecified atom stereocenters. The quantitative estimate of drug-likeness (QED) is 0.563. The maximum atomic E-state index is 1.61. The molecule has 0 saturated heterocycles. The third kappa shape index (κ3) is 2.35. The minimum absolute atomic E-state index is 0.839. The van der Waals surface area contributed by atoms with E-state index in [1.165, 1.54) is 12.3 Å². The molecule has 114 valence electrons. The number of fused-ring (bicyclic) bond motifs is 1. The molecule has 4 atom stereocenters. The molecule has 0 N–H and O–H groups in total. The van der Waals surface area contributed by atoms with E-state index in [0.717, 1.165) is 23.2 Å². The van der Waals surface area contributed by atoms with Crippen molar-refractivity contribution in [3.63, 3.8) is 0 Å². The van der Waals surface area contributed by atoms with Crippen LogP contribution in [0, 0.1) is 29.1 Å². The highest BCUT2D eigenvalue weighted by atomic mass is 14.5. The molecule has 0 heteroatoms. The summed E-state index contributed by atoms with van der Waals surface area (Å²) in [5, 5.41) is 0. The topological polar surface area (TPSA) is 0 Å². The highest BCUT2D eigenvalue weighted by Gasteiger charge is 2.44. The van der Waals surface area contributed by atoms with Gasteiger partial charge in [-0.3, -0.25) is 0 Å². The lowest BCUT2D eigenvalue weighted by Crippen LogP contribution is -2.28. The van der Waals surface area contributed by atoms with Crippen molar-refractivity contribution < 1.29 is 0 Å². The summed E-state index contributed by atoms with van der Waals surface area (Å²) in [4.78, 5) is 0. The fourth-order valence-electron chi connectivity index (χ4n) is 7.04. The summed E-state index contributed by atoms with van der Waals surface area (Å²) in [5.74, 6) is 4.60. The third-order valence-corrected chi connectivity index (χ3v) is 8.06. The minimum atomic E-state index is 0.839. The van der Waals surface area contributed by atoms with E-state index >= 15 is 0 Å². The Kier molecular flexibility index (Phi) is 3.86. The van der Waals surface area contributed by atoms with Crippen LogP contribution in [0.2, 0.25) is 0 Å². The van der Waals surface area contributed by atoms with E-state index in [2.05, 4.69) is 0 Å². The highest BCUT2D eigenvalue weighted by Crippen LogP contribution is 2.56. The summed E-state index contributed by atoms with van der Waals surface area (Å²) in [7, 11) is 0. The SMILES string of the molecule is C1CCC2(CC1)CCCC2CC[C@@H]1CC[C@@H]2CCCC12. The second-order valence-corrected chi connectivity index (χ2v) is 8.78. The molecule has 0 aromatic heterocycles. The Hall–Kier alpha value is 0. The van der Waals surface area contributed by atoms with E-state index in [1.54, 1.807) is 89.9 Å². The lowest BCUT2D eigenvalue weighted by Gasteiger charge is -2.40. The van der Waals surface area contributed by atoms with Crippen LogP contribution in [0.1, 0.15) is 96.3 Å². The van der Waals surface area contributed by atoms with Crippen LogP contribution in [0.5, 0.6) is 0 Å². The maximum Gasteiger partial charge on any atom is -0.0269 e. The van der Waals surface area contributed by atoms with E-state index in [4.69, 9.17) is 0 Å². The van der Waals surface area contributed by atoms with Gasteiger partial charge in [0, 0.05) is 0 Å². The van der Waals surface area contributed by atoms with Crippen molar-refractivity contribution >= 4 is 0 Å². The second kappa shape index (κ2) is 5.65. The van der Waals surface area contributed by atoms with E-state index in [9.17, 15) is 0 Å². The van der Waals surface area contributed by atoms with Crippen LogP contribution in [-0.2, 0) is 0 Å². The molecule has 0 aromatic carbocycles. The zero-order valence-corrected chi connectivity index (χ0v) is 13.4. The van der Waals surface area contributed by atoms with Crippen molar-refractivity contribution in [2.45, 2.75) is 96.3 Å². The first-order chi connectivity index (χ1) is 9.87. The Morgan fingerprint density at radius 1 is 0.650 bits per heavy atom. The van der Waals surface area contributed by atoms with E-state index in [1.807, 2.05) is 0 Å². The molecule has 4 aliphatic carbocycles. The van der Waals surface area contributed by atoms with Crippen LogP contribution in [0.15, 0.2) is 0 Å². The first-order valence-electron chi connectivity index (χ1n) is 9.87. The van der Waals surface area contributed by atoms with Crippen molar-refractivity contribution in [3.05, 3.63) is 0 Å². The first-order valence-corrected chi connectivity index (χ1v) is 9.87. The number of rotatable bonds is 3. The van der Waals surface area contributed by atoms with E-state index in [-0.39, 0.29) is 0 Å². The van der Waals surface area contributed by atoms with Crippen LogP contribution >= 0.6 is 0 Å². The predicted molar refractivity (Wildman–Crippen MR) is 85.6 cm³/mol. The summed E-state index contributed by atoms with van der Waals surface area (Å²) in [6.07, 6.45) is 23.6. The molecular formula is C20H34. The van der Waals surface area contributed by atoms with Gasteiger partial charge in [0.25, 0.3) is 0 Å². The molecule has 0 nitrogen and oxygen atoms in total. The van der Waals surface area contributed by atoms with Gasteiger partial charge >= 0.3 is 0 Å². The van der Waals surface area contributed by atoms with Crippen molar-refractivity contribution in [1.29, 1.82) is 0 Å². The molecule has 1 spiro atoms. The Bertz CT molecular complexity index is 325. The average Bonchev–Trinajstić information content (AvgIpc) is 3.15. The molecular weight excluding hydrogens is 240 g/mol. The van der Waals surface area contributed by atoms with Crippen molar-refractivity contribution in [1.82, 2.24) is 0 Å². The van der Waals surface area contributed by atoms with Crippen molar-refractivity contribution in [3.8, 4) is 0 Å². The summed E-state index contributed by atoms with van der Waals surface area (Å²) in [6.45, 7) is 0. The van der Waals surface area contributed by atoms with E-state index < -0.39 is 0 Å². The van der Waals surface area contributed by atoms with Gasteiger partial charge in [-0.25, -0.2) is 0 Å². The second-order valence-electron chi connectivity index (χ2n) is 8.78. The molecule has 0 heterocycles. The van der Waals surface area contributed by atoms with Crippen molar-refractivity contribution in [2.75, 3.05) is 0 Å². The Morgan fingerprint density at radius 2 is 1.50 bits per heavy atom. The first kappa shape index (κ1) is 13.6. The van der Waals surface area contributed by atoms with Gasteiger partial charge in [-0.1, -0.05) is 38.5 Å². The largest absolute Gasteiger partial charge is 0.0533 e. The Morgan fingerprint density at radius 3 is 2.40 bits per heavy atom. The van der Waals surface area contributed by atoms with Gasteiger partial charge in [-0.05, 0) is 86.9 Å². The van der Waals surface area contributed by atoms with Crippen LogP contribution in [-0.4, -0.2) is 0 Å². The zero-order chi connectivity index (χ0) is 13.4. The van der Waals surface area contributed by atoms with E-state index in [0.29, 0.717) is 0 Å². The van der Waals surface area contributed by atoms with Gasteiger partial charge in [0.1, 0.15) is 0 Å². The van der Waals surface area contributed by atoms with Gasteiger partial charge in [0.05, 0.1) is 0 Å². The molecule has 0 aliphatic heterocycles. The Balaban J connectivity index is 1.34. The summed E-state index contributed by atoms with van der Waals surface area (Å²) in [6, 6.07) is 0. The fraction of sp³-hybridized carbons (Fsp3) is 1.00. The van der Waals surface area contributed by atoms with Gasteiger partial charge in [0.15, 0.2) is 0 Å². The third-order valence-electron chi connectivity index (χ3n) is 8.06. The fourth-order valence-corrected chi connectivity index (χ4v) is 7.04. The molecule has 0 amide bonds. The maximum absolute atomic E-state index is 1.61. The van der Waals surface area contributed by atoms with Crippen LogP contribution < -0.4 is 0 Å². The summed E-state index contributed by atoms with van der Waals surface area (Å²) >= 11 is 0. The molecule has 20 heavy (non-hydrogen) atoms. The smallest absolute Gasteiger partial charge is 0.0269 e. The van der Waals surface area contributed by atoms with Gasteiger partial charge in [0.2, 0.25) is 0 Å². The highest BCUT2D eigenvalue weighted by molar-refractivity contribution is 4.95. The lowest BCUT2D eigenvalue weighted by molar-refractivity contribution is 0.113. The van der Waals surface area contributed by atoms with Crippen LogP contribution in [0.25, 0.3) is 0 Å². The standard InChI is InChI=1S/C20H34/c1-2-13-20(14-3-1)15-5-7-18(20)12-11-17-10-9-16-6-4-8-19(16)17/h16-19H,1-15H2/t16-,17-,18?,19?/m0/s1. The lowest BCUT2D eigenvalue weighted by atomic mass is 9.66. The normalized spacial score (nSPS) is 43.2. The van der Waals surface area contributed by atoms with Crippen molar-refractivity contribution in [2.24, 2.45) is 29.1 Å². The molecule has 0 bridgehead atoms. The molecule has 0 radical (unpaired) electrons. The van der Waals surface area contributed by atoms with Crippen LogP contribution in [0.4, 0.5) is 0 Å². The summed E-state index contributed by atoms with van der Waals surface area (Å²) in [5.41, 5.74) is 0.839. The summed E-state index contributed by atoms with van der Waals surface area (Å²) < 4.78 is 0. The Labute approximate surface area is 126 Å². The minimum Gasteiger partial charge on any atom is -0.0533 e. The van der Waals surface area contributed by atoms with Gasteiger partial charge in [-0.15, -0.1) is 0 Å². The molecule has 4 aliphatic rings. The average molecular weight is 274 g/mol. The van der Waals surface area contributed by atoms with Gasteiger partial charge in [-0.2, -0.15) is 0 Å². The number of hydrogen-bond acceptors (Lipinski definition) is 0. The zero-order valence-electron chi connectivity index (χ0n) is 13.4.